The number of amides is 1. The van der Waals surface area contributed by atoms with Gasteiger partial charge in [0.2, 0.25) is 5.91 Å². The van der Waals surface area contributed by atoms with Crippen molar-refractivity contribution < 1.29 is 14.7 Å². The van der Waals surface area contributed by atoms with E-state index in [0.29, 0.717) is 5.69 Å². The minimum atomic E-state index is -0.957. The third-order valence-corrected chi connectivity index (χ3v) is 2.42. The molecule has 16 heavy (non-hydrogen) atoms. The third kappa shape index (κ3) is 2.36. The highest BCUT2D eigenvalue weighted by molar-refractivity contribution is 5.76. The van der Waals surface area contributed by atoms with Gasteiger partial charge in [-0.05, 0) is 6.42 Å². The van der Waals surface area contributed by atoms with Crippen LogP contribution in [-0.2, 0) is 22.6 Å². The lowest BCUT2D eigenvalue weighted by Crippen LogP contribution is -2.43. The second kappa shape index (κ2) is 4.30. The van der Waals surface area contributed by atoms with Crippen LogP contribution >= 0.6 is 0 Å². The van der Waals surface area contributed by atoms with E-state index in [2.05, 4.69) is 10.3 Å². The molecule has 1 aromatic rings. The second-order valence-corrected chi connectivity index (χ2v) is 3.71. The lowest BCUT2D eigenvalue weighted by atomic mass is 10.2. The van der Waals surface area contributed by atoms with Gasteiger partial charge in [0.1, 0.15) is 6.54 Å². The summed E-state index contributed by atoms with van der Waals surface area (Å²) < 4.78 is 1.37. The van der Waals surface area contributed by atoms with Gasteiger partial charge in [-0.1, -0.05) is 5.21 Å². The Bertz CT molecular complexity index is 411. The topological polar surface area (TPSA) is 88.3 Å². The molecule has 0 saturated carbocycles. The first kappa shape index (κ1) is 10.6. The molecule has 1 fully saturated rings. The largest absolute Gasteiger partial charge is 0.481 e. The van der Waals surface area contributed by atoms with Gasteiger partial charge < -0.3 is 10.0 Å². The highest BCUT2D eigenvalue weighted by Gasteiger charge is 2.20. The van der Waals surface area contributed by atoms with Crippen molar-refractivity contribution >= 4 is 11.9 Å². The van der Waals surface area contributed by atoms with E-state index in [1.807, 2.05) is 0 Å². The van der Waals surface area contributed by atoms with Crippen molar-refractivity contribution in [1.29, 1.82) is 0 Å². The monoisotopic (exact) mass is 224 g/mol. The molecule has 1 aliphatic heterocycles. The number of aromatic nitrogens is 3. The predicted molar refractivity (Wildman–Crippen MR) is 52.6 cm³/mol. The Labute approximate surface area is 91.7 Å². The van der Waals surface area contributed by atoms with Crippen LogP contribution in [0.25, 0.3) is 0 Å². The summed E-state index contributed by atoms with van der Waals surface area (Å²) in [7, 11) is 0. The fourth-order valence-corrected chi connectivity index (χ4v) is 1.46. The van der Waals surface area contributed by atoms with Gasteiger partial charge in [0.25, 0.3) is 0 Å². The molecule has 86 valence electrons. The van der Waals surface area contributed by atoms with Crippen LogP contribution in [-0.4, -0.2) is 50.0 Å². The van der Waals surface area contributed by atoms with Gasteiger partial charge in [0, 0.05) is 19.3 Å². The molecule has 7 nitrogen and oxygen atoms in total. The summed E-state index contributed by atoms with van der Waals surface area (Å²) in [5.41, 5.74) is 0.365. The number of carboxylic acid groups (broad SMARTS) is 1. The van der Waals surface area contributed by atoms with E-state index in [9.17, 15) is 9.59 Å². The normalized spacial score (nSPS) is 14.6. The molecule has 0 atom stereocenters. The second-order valence-electron chi connectivity index (χ2n) is 3.71. The van der Waals surface area contributed by atoms with Gasteiger partial charge in [-0.15, -0.1) is 5.10 Å². The first-order valence-corrected chi connectivity index (χ1v) is 5.04. The summed E-state index contributed by atoms with van der Waals surface area (Å²) in [6.07, 6.45) is 2.37. The number of aliphatic carboxylic acids is 1. The molecule has 0 spiro atoms. The lowest BCUT2D eigenvalue weighted by molar-refractivity contribution is -0.136. The van der Waals surface area contributed by atoms with Crippen molar-refractivity contribution in [1.82, 2.24) is 19.9 Å². The van der Waals surface area contributed by atoms with Gasteiger partial charge in [-0.2, -0.15) is 0 Å². The van der Waals surface area contributed by atoms with Crippen molar-refractivity contribution in [2.24, 2.45) is 0 Å². The van der Waals surface area contributed by atoms with E-state index in [1.165, 1.54) is 10.9 Å². The van der Waals surface area contributed by atoms with Crippen molar-refractivity contribution in [3.8, 4) is 0 Å². The quantitative estimate of drug-likeness (QED) is 0.718. The summed E-state index contributed by atoms with van der Waals surface area (Å²) in [6, 6.07) is 0. The Kier molecular flexibility index (Phi) is 2.84. The van der Waals surface area contributed by atoms with Gasteiger partial charge in [0.05, 0.1) is 12.1 Å². The zero-order valence-corrected chi connectivity index (χ0v) is 8.67. The van der Waals surface area contributed by atoms with E-state index >= 15 is 0 Å². The zero-order chi connectivity index (χ0) is 11.5. The molecule has 7 heteroatoms. The number of carbonyl (C=O) groups is 2. The predicted octanol–water partition coefficient (Wildman–Crippen LogP) is -0.863. The summed E-state index contributed by atoms with van der Waals surface area (Å²) in [6.45, 7) is 1.73. The van der Waals surface area contributed by atoms with Crippen LogP contribution in [0, 0.1) is 0 Å². The first-order chi connectivity index (χ1) is 7.65. The molecule has 0 aromatic carbocycles. The minimum absolute atomic E-state index is 0.00183. The molecule has 2 heterocycles. The van der Waals surface area contributed by atoms with E-state index in [4.69, 9.17) is 5.11 Å². The fraction of sp³-hybridized carbons (Fsp3) is 0.556. The lowest BCUT2D eigenvalue weighted by Gasteiger charge is -2.30. The van der Waals surface area contributed by atoms with Crippen LogP contribution in [0.15, 0.2) is 6.20 Å². The molecule has 1 N–H and O–H groups in total. The molecule has 0 bridgehead atoms. The number of rotatable bonds is 4. The van der Waals surface area contributed by atoms with E-state index in [-0.39, 0.29) is 18.9 Å². The standard InChI is InChI=1S/C9H12N4O3/c14-8(12-2-1-3-12)6-13-5-7(10-11-13)4-9(15)16/h5H,1-4,6H2,(H,15,16). The Balaban J connectivity index is 1.91. The van der Waals surface area contributed by atoms with Crippen molar-refractivity contribution in [2.75, 3.05) is 13.1 Å². The molecule has 0 aliphatic carbocycles. The Morgan fingerprint density at radius 2 is 2.19 bits per heavy atom. The maximum absolute atomic E-state index is 11.5. The van der Waals surface area contributed by atoms with Crippen LogP contribution in [0.1, 0.15) is 12.1 Å². The molecule has 0 unspecified atom stereocenters. The van der Waals surface area contributed by atoms with Gasteiger partial charge in [0.15, 0.2) is 0 Å². The number of likely N-dealkylation sites (tertiary alicyclic amines) is 1. The van der Waals surface area contributed by atoms with Gasteiger partial charge >= 0.3 is 5.97 Å². The Morgan fingerprint density at radius 1 is 1.44 bits per heavy atom. The Morgan fingerprint density at radius 3 is 2.75 bits per heavy atom. The van der Waals surface area contributed by atoms with E-state index in [0.717, 1.165) is 19.5 Å². The molecule has 1 saturated heterocycles. The zero-order valence-electron chi connectivity index (χ0n) is 8.67. The Hall–Kier alpha value is -1.92. The van der Waals surface area contributed by atoms with Crippen molar-refractivity contribution in [2.45, 2.75) is 19.4 Å². The number of carbonyl (C=O) groups excluding carboxylic acids is 1. The summed E-state index contributed by atoms with van der Waals surface area (Å²) >= 11 is 0. The molecular weight excluding hydrogens is 212 g/mol. The van der Waals surface area contributed by atoms with Crippen LogP contribution in [0.2, 0.25) is 0 Å². The average Bonchev–Trinajstić information content (AvgIpc) is 2.47. The number of carboxylic acids is 1. The van der Waals surface area contributed by atoms with Gasteiger partial charge in [-0.25, -0.2) is 4.68 Å². The molecule has 0 radical (unpaired) electrons. The van der Waals surface area contributed by atoms with Gasteiger partial charge in [-0.3, -0.25) is 9.59 Å². The van der Waals surface area contributed by atoms with Crippen molar-refractivity contribution in [3.05, 3.63) is 11.9 Å². The number of nitrogens with zero attached hydrogens (tertiary/aromatic N) is 4. The first-order valence-electron chi connectivity index (χ1n) is 5.04. The highest BCUT2D eigenvalue weighted by atomic mass is 16.4. The summed E-state index contributed by atoms with van der Waals surface area (Å²) in [5.74, 6) is -0.959. The molecule has 1 aromatic heterocycles. The van der Waals surface area contributed by atoms with Crippen molar-refractivity contribution in [3.63, 3.8) is 0 Å². The van der Waals surface area contributed by atoms with E-state index < -0.39 is 5.97 Å². The minimum Gasteiger partial charge on any atom is -0.481 e. The number of hydrogen-bond acceptors (Lipinski definition) is 4. The molecule has 2 rings (SSSR count). The van der Waals surface area contributed by atoms with E-state index in [1.54, 1.807) is 4.90 Å². The maximum atomic E-state index is 11.5. The molecule has 1 aliphatic rings. The fourth-order valence-electron chi connectivity index (χ4n) is 1.46. The van der Waals surface area contributed by atoms with Crippen LogP contribution in [0.4, 0.5) is 0 Å². The SMILES string of the molecule is O=C(O)Cc1cn(CC(=O)N2CCC2)nn1. The average molecular weight is 224 g/mol. The highest BCUT2D eigenvalue weighted by Crippen LogP contribution is 2.06. The smallest absolute Gasteiger partial charge is 0.309 e. The third-order valence-electron chi connectivity index (χ3n) is 2.42. The molecular formula is C9H12N4O3. The summed E-state index contributed by atoms with van der Waals surface area (Å²) in [5, 5.41) is 15.9. The van der Waals surface area contributed by atoms with Crippen LogP contribution < -0.4 is 0 Å². The maximum Gasteiger partial charge on any atom is 0.309 e. The van der Waals surface area contributed by atoms with Crippen LogP contribution in [0.5, 0.6) is 0 Å². The van der Waals surface area contributed by atoms with Crippen LogP contribution in [0.3, 0.4) is 0 Å². The summed E-state index contributed by atoms with van der Waals surface area (Å²) in [4.78, 5) is 23.7. The molecule has 1 amide bonds. The number of hydrogen-bond donors (Lipinski definition) is 1.